The first-order valence-electron chi connectivity index (χ1n) is 8.63. The van der Waals surface area contributed by atoms with E-state index in [0.717, 1.165) is 18.9 Å². The van der Waals surface area contributed by atoms with E-state index in [-0.39, 0.29) is 5.91 Å². The fourth-order valence-electron chi connectivity index (χ4n) is 3.02. The molecule has 0 N–H and O–H groups in total. The highest BCUT2D eigenvalue weighted by molar-refractivity contribution is 7.09. The number of hydrogen-bond acceptors (Lipinski definition) is 4. The van der Waals surface area contributed by atoms with Gasteiger partial charge in [-0.1, -0.05) is 17.7 Å². The van der Waals surface area contributed by atoms with Crippen molar-refractivity contribution in [1.29, 1.82) is 0 Å². The summed E-state index contributed by atoms with van der Waals surface area (Å²) in [6, 6.07) is 6.35. The van der Waals surface area contributed by atoms with E-state index >= 15 is 0 Å². The van der Waals surface area contributed by atoms with Crippen LogP contribution < -0.4 is 4.90 Å². The molecule has 146 valence electrons. The predicted octanol–water partition coefficient (Wildman–Crippen LogP) is 4.49. The van der Waals surface area contributed by atoms with Gasteiger partial charge in [-0.25, -0.2) is 4.98 Å². The minimum atomic E-state index is -4.52. The maximum atomic E-state index is 12.8. The number of thiophene rings is 1. The molecular weight excluding hydrogens is 399 g/mol. The van der Waals surface area contributed by atoms with E-state index in [1.54, 1.807) is 16.2 Å². The van der Waals surface area contributed by atoms with Crippen molar-refractivity contribution in [2.24, 2.45) is 0 Å². The number of carbonyl (C=O) groups excluding carboxylic acids is 1. The lowest BCUT2D eigenvalue weighted by atomic mass is 10.2. The molecule has 1 aliphatic rings. The largest absolute Gasteiger partial charge is 0.419 e. The van der Waals surface area contributed by atoms with Crippen LogP contribution in [0.4, 0.5) is 19.0 Å². The zero-order valence-corrected chi connectivity index (χ0v) is 16.1. The van der Waals surface area contributed by atoms with Gasteiger partial charge >= 0.3 is 6.18 Å². The summed E-state index contributed by atoms with van der Waals surface area (Å²) in [5, 5.41) is 1.48. The fraction of sp³-hybridized carbons (Fsp3) is 0.444. The molecule has 2 aromatic heterocycles. The zero-order chi connectivity index (χ0) is 19.4. The topological polar surface area (TPSA) is 36.4 Å². The van der Waals surface area contributed by atoms with Gasteiger partial charge in [0.25, 0.3) is 0 Å². The third kappa shape index (κ3) is 5.13. The molecule has 3 heterocycles. The van der Waals surface area contributed by atoms with Gasteiger partial charge in [0.15, 0.2) is 0 Å². The first-order chi connectivity index (χ1) is 12.8. The molecule has 2 aromatic rings. The minimum Gasteiger partial charge on any atom is -0.353 e. The van der Waals surface area contributed by atoms with Gasteiger partial charge in [-0.3, -0.25) is 4.79 Å². The van der Waals surface area contributed by atoms with Crippen LogP contribution in [-0.2, 0) is 17.4 Å². The van der Waals surface area contributed by atoms with E-state index in [2.05, 4.69) is 11.1 Å². The molecule has 0 radical (unpaired) electrons. The van der Waals surface area contributed by atoms with Crippen molar-refractivity contribution in [2.75, 3.05) is 31.1 Å². The van der Waals surface area contributed by atoms with E-state index < -0.39 is 16.9 Å². The van der Waals surface area contributed by atoms with Crippen molar-refractivity contribution in [1.82, 2.24) is 9.88 Å². The van der Waals surface area contributed by atoms with Gasteiger partial charge in [0.05, 0.1) is 5.56 Å². The Balaban J connectivity index is 1.49. The highest BCUT2D eigenvalue weighted by Gasteiger charge is 2.34. The first-order valence-corrected chi connectivity index (χ1v) is 9.89. The number of aryl methyl sites for hydroxylation is 1. The summed E-state index contributed by atoms with van der Waals surface area (Å²) in [5.74, 6) is 0.516. The summed E-state index contributed by atoms with van der Waals surface area (Å²) in [6.45, 7) is 2.09. The van der Waals surface area contributed by atoms with Crippen LogP contribution in [0.25, 0.3) is 0 Å². The molecule has 3 rings (SSSR count). The van der Waals surface area contributed by atoms with Crippen molar-refractivity contribution >= 4 is 34.7 Å². The molecule has 1 aliphatic heterocycles. The van der Waals surface area contributed by atoms with E-state index in [0.29, 0.717) is 38.4 Å². The molecule has 0 aliphatic carbocycles. The van der Waals surface area contributed by atoms with Crippen molar-refractivity contribution in [2.45, 2.75) is 25.4 Å². The number of rotatable bonds is 5. The zero-order valence-electron chi connectivity index (χ0n) is 14.5. The molecular formula is C18H19ClF3N3OS. The molecule has 0 saturated carbocycles. The normalized spacial score (nSPS) is 15.3. The lowest BCUT2D eigenvalue weighted by Crippen LogP contribution is -2.49. The maximum Gasteiger partial charge on any atom is 0.419 e. The summed E-state index contributed by atoms with van der Waals surface area (Å²) in [4.78, 5) is 21.1. The highest BCUT2D eigenvalue weighted by Crippen LogP contribution is 2.34. The van der Waals surface area contributed by atoms with Crippen LogP contribution in [0.5, 0.6) is 0 Å². The molecule has 0 aromatic carbocycles. The minimum absolute atomic E-state index is 0.115. The Labute approximate surface area is 164 Å². The van der Waals surface area contributed by atoms with Gasteiger partial charge in [0, 0.05) is 37.5 Å². The van der Waals surface area contributed by atoms with Crippen molar-refractivity contribution in [3.8, 4) is 0 Å². The molecule has 0 unspecified atom stereocenters. The van der Waals surface area contributed by atoms with Gasteiger partial charge < -0.3 is 9.80 Å². The van der Waals surface area contributed by atoms with Gasteiger partial charge in [-0.05, 0) is 36.4 Å². The van der Waals surface area contributed by atoms with Crippen LogP contribution in [0.15, 0.2) is 29.6 Å². The third-order valence-electron chi connectivity index (χ3n) is 4.49. The Morgan fingerprint density at radius 1 is 1.19 bits per heavy atom. The molecule has 27 heavy (non-hydrogen) atoms. The van der Waals surface area contributed by atoms with E-state index in [9.17, 15) is 18.0 Å². The predicted molar refractivity (Wildman–Crippen MR) is 100 cm³/mol. The number of nitrogens with zero attached hydrogens (tertiary/aromatic N) is 3. The number of pyridine rings is 1. The van der Waals surface area contributed by atoms with E-state index in [4.69, 9.17) is 11.6 Å². The molecule has 9 heteroatoms. The quantitative estimate of drug-likeness (QED) is 0.673. The number of halogens is 4. The third-order valence-corrected chi connectivity index (χ3v) is 5.71. The highest BCUT2D eigenvalue weighted by atomic mass is 35.5. The van der Waals surface area contributed by atoms with E-state index in [1.807, 2.05) is 16.3 Å². The van der Waals surface area contributed by atoms with Gasteiger partial charge in [0.2, 0.25) is 5.91 Å². The van der Waals surface area contributed by atoms with Crippen LogP contribution in [0, 0.1) is 0 Å². The number of carbonyl (C=O) groups is 1. The Bertz CT molecular complexity index is 775. The maximum absolute atomic E-state index is 12.8. The molecule has 0 bridgehead atoms. The van der Waals surface area contributed by atoms with E-state index in [1.165, 1.54) is 10.9 Å². The molecule has 1 saturated heterocycles. The monoisotopic (exact) mass is 417 g/mol. The number of piperazine rings is 1. The van der Waals surface area contributed by atoms with Crippen molar-refractivity contribution < 1.29 is 18.0 Å². The van der Waals surface area contributed by atoms with Crippen LogP contribution in [0.2, 0.25) is 5.15 Å². The number of anilines is 1. The van der Waals surface area contributed by atoms with Crippen molar-refractivity contribution in [3.63, 3.8) is 0 Å². The van der Waals surface area contributed by atoms with Gasteiger partial charge in [0.1, 0.15) is 11.0 Å². The Kier molecular flexibility index (Phi) is 6.26. The number of aromatic nitrogens is 1. The Hall–Kier alpha value is -1.80. The van der Waals surface area contributed by atoms with Crippen molar-refractivity contribution in [3.05, 3.63) is 45.2 Å². The standard InChI is InChI=1S/C18H19ClF3N3OS/c19-17-14(18(20,21)22)6-7-15(23-17)24-8-10-25(11-9-24)16(26)5-1-3-13-4-2-12-27-13/h2,4,6-7,12H,1,3,5,8-11H2. The SMILES string of the molecule is O=C(CCCc1cccs1)N1CCN(c2ccc(C(F)(F)F)c(Cl)n2)CC1. The summed E-state index contributed by atoms with van der Waals surface area (Å²) >= 11 is 7.38. The molecule has 4 nitrogen and oxygen atoms in total. The van der Waals surface area contributed by atoms with Crippen LogP contribution in [0.1, 0.15) is 23.3 Å². The number of alkyl halides is 3. The second-order valence-corrected chi connectivity index (χ2v) is 7.70. The fourth-order valence-corrected chi connectivity index (χ4v) is 4.03. The lowest BCUT2D eigenvalue weighted by Gasteiger charge is -2.35. The van der Waals surface area contributed by atoms with Crippen LogP contribution in [-0.4, -0.2) is 42.0 Å². The van der Waals surface area contributed by atoms with Crippen LogP contribution in [0.3, 0.4) is 0 Å². The van der Waals surface area contributed by atoms with Gasteiger partial charge in [-0.15, -0.1) is 11.3 Å². The summed E-state index contributed by atoms with van der Waals surface area (Å²) in [5.41, 5.74) is -0.938. The second kappa shape index (κ2) is 8.48. The first kappa shape index (κ1) is 19.9. The summed E-state index contributed by atoms with van der Waals surface area (Å²) in [6.07, 6.45) is -2.30. The Morgan fingerprint density at radius 2 is 1.93 bits per heavy atom. The molecule has 1 fully saturated rings. The average molecular weight is 418 g/mol. The lowest BCUT2D eigenvalue weighted by molar-refractivity contribution is -0.137. The smallest absolute Gasteiger partial charge is 0.353 e. The van der Waals surface area contributed by atoms with Gasteiger partial charge in [-0.2, -0.15) is 13.2 Å². The summed E-state index contributed by atoms with van der Waals surface area (Å²) < 4.78 is 38.3. The Morgan fingerprint density at radius 3 is 2.52 bits per heavy atom. The number of amides is 1. The average Bonchev–Trinajstić information content (AvgIpc) is 3.14. The number of hydrogen-bond donors (Lipinski definition) is 0. The molecule has 0 atom stereocenters. The second-order valence-electron chi connectivity index (χ2n) is 6.31. The molecule has 1 amide bonds. The molecule has 0 spiro atoms. The van der Waals surface area contributed by atoms with Crippen LogP contribution >= 0.6 is 22.9 Å². The summed E-state index contributed by atoms with van der Waals surface area (Å²) in [7, 11) is 0.